The van der Waals surface area contributed by atoms with E-state index in [4.69, 9.17) is 4.74 Å². The maximum Gasteiger partial charge on any atom is 0.275 e. The molecule has 4 rings (SSSR count). The molecule has 0 spiro atoms. The summed E-state index contributed by atoms with van der Waals surface area (Å²) in [5, 5.41) is 1.23. The molecular weight excluding hydrogens is 332 g/mol. The molecule has 4 aromatic rings. The lowest BCUT2D eigenvalue weighted by Gasteiger charge is -2.14. The minimum Gasteiger partial charge on any atom is -0.497 e. The molecule has 0 fully saturated rings. The van der Waals surface area contributed by atoms with Crippen molar-refractivity contribution in [2.75, 3.05) is 19.1 Å². The lowest BCUT2D eigenvalue weighted by atomic mass is 10.0. The zero-order valence-corrected chi connectivity index (χ0v) is 15.6. The van der Waals surface area contributed by atoms with E-state index < -0.39 is 0 Å². The molecule has 1 aromatic heterocycles. The molecule has 27 heavy (non-hydrogen) atoms. The number of rotatable bonds is 5. The zero-order valence-electron chi connectivity index (χ0n) is 15.6. The number of hydrogen-bond donors (Lipinski definition) is 0. The van der Waals surface area contributed by atoms with Gasteiger partial charge >= 0.3 is 0 Å². The van der Waals surface area contributed by atoms with Gasteiger partial charge < -0.3 is 4.74 Å². The zero-order chi connectivity index (χ0) is 18.6. The molecule has 0 amide bonds. The van der Waals surface area contributed by atoms with E-state index in [1.807, 2.05) is 12.1 Å². The molecule has 1 heterocycles. The molecular formula is C24H23N2O+. The minimum atomic E-state index is 0.813. The van der Waals surface area contributed by atoms with Crippen molar-refractivity contribution in [3.8, 4) is 16.9 Å². The Hall–Kier alpha value is -3.33. The van der Waals surface area contributed by atoms with E-state index in [1.165, 1.54) is 22.1 Å². The molecule has 3 aromatic carbocycles. The molecule has 3 heteroatoms. The topological polar surface area (TPSA) is 26.6 Å². The molecule has 0 aliphatic rings. The van der Waals surface area contributed by atoms with Crippen LogP contribution >= 0.6 is 0 Å². The number of nitrogens with one attached hydrogen (secondary N) is 1. The number of hydrogen-bond acceptors (Lipinski definition) is 2. The van der Waals surface area contributed by atoms with Crippen molar-refractivity contribution in [1.29, 1.82) is 0 Å². The highest BCUT2D eigenvalue weighted by atomic mass is 16.5. The van der Waals surface area contributed by atoms with Crippen LogP contribution in [0.25, 0.3) is 22.0 Å². The number of ether oxygens (including phenoxy) is 1. The van der Waals surface area contributed by atoms with Crippen molar-refractivity contribution in [3.05, 3.63) is 90.5 Å². The van der Waals surface area contributed by atoms with E-state index in [-0.39, 0.29) is 0 Å². The highest BCUT2D eigenvalue weighted by molar-refractivity contribution is 5.93. The van der Waals surface area contributed by atoms with Gasteiger partial charge in [0.15, 0.2) is 0 Å². The van der Waals surface area contributed by atoms with Gasteiger partial charge in [-0.1, -0.05) is 60.7 Å². The number of fused-ring (bicyclic) bond motifs is 1. The molecule has 3 nitrogen and oxygen atoms in total. The maximum atomic E-state index is 5.25. The van der Waals surface area contributed by atoms with E-state index in [1.54, 1.807) is 7.11 Å². The second-order valence-electron chi connectivity index (χ2n) is 6.68. The Balaban J connectivity index is 1.72. The van der Waals surface area contributed by atoms with Crippen LogP contribution in [0.2, 0.25) is 0 Å². The number of aromatic nitrogens is 1. The third kappa shape index (κ3) is 3.63. The summed E-state index contributed by atoms with van der Waals surface area (Å²) in [6.07, 6.45) is 0. The summed E-state index contributed by atoms with van der Waals surface area (Å²) in [5.74, 6) is 1.97. The van der Waals surface area contributed by atoms with Gasteiger partial charge in [0, 0.05) is 17.0 Å². The Morgan fingerprint density at radius 1 is 0.852 bits per heavy atom. The summed E-state index contributed by atoms with van der Waals surface area (Å²) in [6.45, 7) is 0.813. The SMILES string of the molecule is COc1ccc(CN(C)c2cc(-c3ccccc3)c3ccccc3[nH+]2)cc1. The Morgan fingerprint density at radius 3 is 2.30 bits per heavy atom. The van der Waals surface area contributed by atoms with E-state index in [0.29, 0.717) is 0 Å². The number of H-pyrrole nitrogens is 1. The van der Waals surface area contributed by atoms with Crippen molar-refractivity contribution in [3.63, 3.8) is 0 Å². The lowest BCUT2D eigenvalue weighted by molar-refractivity contribution is -0.330. The van der Waals surface area contributed by atoms with E-state index in [0.717, 1.165) is 23.6 Å². The van der Waals surface area contributed by atoms with E-state index >= 15 is 0 Å². The highest BCUT2D eigenvalue weighted by Crippen LogP contribution is 2.29. The van der Waals surface area contributed by atoms with Gasteiger partial charge in [-0.3, -0.25) is 4.90 Å². The van der Waals surface area contributed by atoms with Gasteiger partial charge in [0.2, 0.25) is 0 Å². The fourth-order valence-corrected chi connectivity index (χ4v) is 3.37. The van der Waals surface area contributed by atoms with Crippen molar-refractivity contribution in [1.82, 2.24) is 0 Å². The van der Waals surface area contributed by atoms with Crippen molar-refractivity contribution >= 4 is 16.7 Å². The van der Waals surface area contributed by atoms with Gasteiger partial charge in [-0.15, -0.1) is 0 Å². The van der Waals surface area contributed by atoms with Crippen LogP contribution in [0.1, 0.15) is 5.56 Å². The Labute approximate surface area is 159 Å². The van der Waals surface area contributed by atoms with Crippen LogP contribution in [0.3, 0.4) is 0 Å². The fraction of sp³-hybridized carbons (Fsp3) is 0.125. The normalized spacial score (nSPS) is 10.7. The molecule has 134 valence electrons. The van der Waals surface area contributed by atoms with Gasteiger partial charge in [0.25, 0.3) is 5.82 Å². The Bertz CT molecular complexity index is 1040. The standard InChI is InChI=1S/C24H22N2O/c1-26(17-18-12-14-20(27-2)15-13-18)24-16-22(19-8-4-3-5-9-19)21-10-6-7-11-23(21)25-24/h3-16H,17H2,1-2H3/p+1. The van der Waals surface area contributed by atoms with Gasteiger partial charge in [-0.25, -0.2) is 4.98 Å². The van der Waals surface area contributed by atoms with Gasteiger partial charge in [-0.05, 0) is 29.3 Å². The number of aromatic amines is 1. The first-order valence-corrected chi connectivity index (χ1v) is 9.09. The summed E-state index contributed by atoms with van der Waals surface area (Å²) >= 11 is 0. The molecule has 0 saturated heterocycles. The number of anilines is 1. The molecule has 1 N–H and O–H groups in total. The summed E-state index contributed by atoms with van der Waals surface area (Å²) in [5.41, 5.74) is 4.83. The second-order valence-corrected chi connectivity index (χ2v) is 6.68. The molecule has 0 aliphatic carbocycles. The van der Waals surface area contributed by atoms with Crippen LogP contribution in [0.15, 0.2) is 84.9 Å². The summed E-state index contributed by atoms with van der Waals surface area (Å²) in [6, 6.07) is 29.5. The first kappa shape index (κ1) is 17.1. The number of para-hydroxylation sites is 1. The largest absolute Gasteiger partial charge is 0.497 e. The Kier molecular flexibility index (Phi) is 4.75. The van der Waals surface area contributed by atoms with Crippen LogP contribution in [0.5, 0.6) is 5.75 Å². The molecule has 0 saturated carbocycles. The molecule has 0 aliphatic heterocycles. The minimum absolute atomic E-state index is 0.813. The molecule has 0 bridgehead atoms. The maximum absolute atomic E-state index is 5.25. The third-order valence-corrected chi connectivity index (χ3v) is 4.84. The number of benzene rings is 3. The molecule has 0 unspecified atom stereocenters. The predicted molar refractivity (Wildman–Crippen MR) is 111 cm³/mol. The van der Waals surface area contributed by atoms with E-state index in [2.05, 4.69) is 89.7 Å². The summed E-state index contributed by atoms with van der Waals surface area (Å²) < 4.78 is 5.25. The van der Waals surface area contributed by atoms with Gasteiger partial charge in [-0.2, -0.15) is 0 Å². The Morgan fingerprint density at radius 2 is 1.56 bits per heavy atom. The van der Waals surface area contributed by atoms with Crippen LogP contribution in [-0.4, -0.2) is 14.2 Å². The van der Waals surface area contributed by atoms with Crippen LogP contribution in [0, 0.1) is 0 Å². The predicted octanol–water partition coefficient (Wildman–Crippen LogP) is 4.97. The number of pyridine rings is 1. The monoisotopic (exact) mass is 355 g/mol. The third-order valence-electron chi connectivity index (χ3n) is 4.84. The average Bonchev–Trinajstić information content (AvgIpc) is 2.74. The second kappa shape index (κ2) is 7.50. The van der Waals surface area contributed by atoms with Crippen molar-refractivity contribution in [2.45, 2.75) is 6.54 Å². The van der Waals surface area contributed by atoms with Crippen LogP contribution in [-0.2, 0) is 6.54 Å². The van der Waals surface area contributed by atoms with Crippen LogP contribution < -0.4 is 14.6 Å². The van der Waals surface area contributed by atoms with Gasteiger partial charge in [0.1, 0.15) is 17.8 Å². The summed E-state index contributed by atoms with van der Waals surface area (Å²) in [7, 11) is 3.80. The van der Waals surface area contributed by atoms with Gasteiger partial charge in [0.05, 0.1) is 14.2 Å². The van der Waals surface area contributed by atoms with Crippen molar-refractivity contribution < 1.29 is 9.72 Å². The van der Waals surface area contributed by atoms with Crippen LogP contribution in [0.4, 0.5) is 5.82 Å². The average molecular weight is 355 g/mol. The molecule has 0 radical (unpaired) electrons. The first-order valence-electron chi connectivity index (χ1n) is 9.09. The lowest BCUT2D eigenvalue weighted by Crippen LogP contribution is -2.25. The van der Waals surface area contributed by atoms with Crippen molar-refractivity contribution in [2.24, 2.45) is 0 Å². The van der Waals surface area contributed by atoms with E-state index in [9.17, 15) is 0 Å². The number of methoxy groups -OCH3 is 1. The smallest absolute Gasteiger partial charge is 0.275 e. The quantitative estimate of drug-likeness (QED) is 0.505. The first-order chi connectivity index (χ1) is 13.2. The number of nitrogens with zero attached hydrogens (tertiary/aromatic N) is 1. The fourth-order valence-electron chi connectivity index (χ4n) is 3.37. The summed E-state index contributed by atoms with van der Waals surface area (Å²) in [4.78, 5) is 5.82. The highest BCUT2D eigenvalue weighted by Gasteiger charge is 2.16. The molecule has 0 atom stereocenters.